The van der Waals surface area contributed by atoms with Gasteiger partial charge in [0.25, 0.3) is 5.91 Å². The van der Waals surface area contributed by atoms with Gasteiger partial charge < -0.3 is 10.1 Å². The third kappa shape index (κ3) is 5.18. The molecule has 1 amide bonds. The van der Waals surface area contributed by atoms with E-state index in [9.17, 15) is 9.59 Å². The van der Waals surface area contributed by atoms with E-state index >= 15 is 0 Å². The van der Waals surface area contributed by atoms with E-state index in [1.54, 1.807) is 0 Å². The van der Waals surface area contributed by atoms with Gasteiger partial charge in [-0.15, -0.1) is 0 Å². The van der Waals surface area contributed by atoms with E-state index in [0.29, 0.717) is 0 Å². The van der Waals surface area contributed by atoms with E-state index in [1.807, 2.05) is 39.0 Å². The molecule has 0 radical (unpaired) electrons. The van der Waals surface area contributed by atoms with Gasteiger partial charge in [-0.2, -0.15) is 0 Å². The van der Waals surface area contributed by atoms with Crippen LogP contribution in [0.4, 0.5) is 0 Å². The summed E-state index contributed by atoms with van der Waals surface area (Å²) in [5, 5.41) is 3.00. The number of esters is 1. The summed E-state index contributed by atoms with van der Waals surface area (Å²) in [5.41, 5.74) is 3.18. The molecule has 1 N–H and O–H groups in total. The number of nitrogens with one attached hydrogen (secondary N) is 1. The van der Waals surface area contributed by atoms with Crippen molar-refractivity contribution in [2.24, 2.45) is 0 Å². The first-order valence-corrected chi connectivity index (χ1v) is 8.39. The maximum absolute atomic E-state index is 12.0. The molecule has 1 aromatic carbocycles. The second-order valence-electron chi connectivity index (χ2n) is 5.67. The molecule has 0 bridgehead atoms. The lowest BCUT2D eigenvalue weighted by molar-refractivity contribution is -0.124. The van der Waals surface area contributed by atoms with Gasteiger partial charge in [0.2, 0.25) is 0 Å². The SMILES string of the molecule is Cc1ccc([C@H](C)NC(=O)COC(=O)c2nc(Cl)ccc2Cl)cc1C. The van der Waals surface area contributed by atoms with Crippen LogP contribution in [0.15, 0.2) is 30.3 Å². The fourth-order valence-corrected chi connectivity index (χ4v) is 2.49. The quantitative estimate of drug-likeness (QED) is 0.627. The van der Waals surface area contributed by atoms with Gasteiger partial charge >= 0.3 is 5.97 Å². The minimum Gasteiger partial charge on any atom is -0.451 e. The van der Waals surface area contributed by atoms with Crippen LogP contribution in [0.1, 0.15) is 40.1 Å². The van der Waals surface area contributed by atoms with Gasteiger partial charge in [-0.25, -0.2) is 9.78 Å². The van der Waals surface area contributed by atoms with Crippen LogP contribution in [-0.4, -0.2) is 23.5 Å². The molecule has 132 valence electrons. The van der Waals surface area contributed by atoms with Crippen LogP contribution >= 0.6 is 23.2 Å². The number of halogens is 2. The van der Waals surface area contributed by atoms with Crippen molar-refractivity contribution in [2.45, 2.75) is 26.8 Å². The second kappa shape index (κ2) is 8.32. The third-order valence-electron chi connectivity index (χ3n) is 3.75. The maximum Gasteiger partial charge on any atom is 0.359 e. The van der Waals surface area contributed by atoms with Crippen LogP contribution in [0.2, 0.25) is 10.2 Å². The number of rotatable bonds is 5. The summed E-state index contributed by atoms with van der Waals surface area (Å²) in [6, 6.07) is 8.66. The van der Waals surface area contributed by atoms with Gasteiger partial charge in [0, 0.05) is 0 Å². The van der Waals surface area contributed by atoms with Crippen LogP contribution < -0.4 is 5.32 Å². The Balaban J connectivity index is 1.92. The highest BCUT2D eigenvalue weighted by atomic mass is 35.5. The van der Waals surface area contributed by atoms with Crippen molar-refractivity contribution in [3.05, 3.63) is 62.9 Å². The Labute approximate surface area is 156 Å². The predicted octanol–water partition coefficient (Wildman–Crippen LogP) is 4.04. The Morgan fingerprint density at radius 1 is 1.16 bits per heavy atom. The molecule has 2 aromatic rings. The van der Waals surface area contributed by atoms with Gasteiger partial charge in [0.1, 0.15) is 5.15 Å². The number of nitrogens with zero attached hydrogens (tertiary/aromatic N) is 1. The van der Waals surface area contributed by atoms with E-state index < -0.39 is 18.5 Å². The summed E-state index contributed by atoms with van der Waals surface area (Å²) in [7, 11) is 0. The average molecular weight is 381 g/mol. The van der Waals surface area contributed by atoms with E-state index in [4.69, 9.17) is 27.9 Å². The van der Waals surface area contributed by atoms with Crippen molar-refractivity contribution >= 4 is 35.1 Å². The molecule has 5 nitrogen and oxygen atoms in total. The number of amides is 1. The summed E-state index contributed by atoms with van der Waals surface area (Å²) in [6.07, 6.45) is 0. The van der Waals surface area contributed by atoms with Gasteiger partial charge in [0.05, 0.1) is 11.1 Å². The summed E-state index contributed by atoms with van der Waals surface area (Å²) >= 11 is 11.6. The Morgan fingerprint density at radius 3 is 2.56 bits per heavy atom. The zero-order valence-corrected chi connectivity index (χ0v) is 15.6. The molecule has 0 fully saturated rings. The molecule has 0 aliphatic heterocycles. The zero-order chi connectivity index (χ0) is 18.6. The maximum atomic E-state index is 12.0. The Morgan fingerprint density at radius 2 is 1.88 bits per heavy atom. The van der Waals surface area contributed by atoms with Crippen LogP contribution in [0.25, 0.3) is 0 Å². The number of aryl methyl sites for hydroxylation is 2. The standard InChI is InChI=1S/C18H18Cl2N2O3/c1-10-4-5-13(8-11(10)2)12(3)21-16(23)9-25-18(24)17-14(19)6-7-15(20)22-17/h4-8,12H,9H2,1-3H3,(H,21,23)/t12-/m0/s1. The smallest absolute Gasteiger partial charge is 0.359 e. The first-order chi connectivity index (χ1) is 11.8. The number of ether oxygens (including phenoxy) is 1. The molecule has 25 heavy (non-hydrogen) atoms. The lowest BCUT2D eigenvalue weighted by Crippen LogP contribution is -2.31. The van der Waals surface area contributed by atoms with Crippen LogP contribution in [0.5, 0.6) is 0 Å². The predicted molar refractivity (Wildman–Crippen MR) is 97.0 cm³/mol. The topological polar surface area (TPSA) is 68.3 Å². The zero-order valence-electron chi connectivity index (χ0n) is 14.1. The first-order valence-electron chi connectivity index (χ1n) is 7.63. The van der Waals surface area contributed by atoms with E-state index in [-0.39, 0.29) is 21.9 Å². The highest BCUT2D eigenvalue weighted by molar-refractivity contribution is 6.34. The van der Waals surface area contributed by atoms with Crippen molar-refractivity contribution in [1.29, 1.82) is 0 Å². The Kier molecular flexibility index (Phi) is 6.39. The fraction of sp³-hybridized carbons (Fsp3) is 0.278. The molecular weight excluding hydrogens is 363 g/mol. The van der Waals surface area contributed by atoms with Gasteiger partial charge in [0.15, 0.2) is 12.3 Å². The van der Waals surface area contributed by atoms with E-state index in [1.165, 1.54) is 17.7 Å². The Hall–Kier alpha value is -2.11. The number of benzene rings is 1. The molecular formula is C18H18Cl2N2O3. The monoisotopic (exact) mass is 380 g/mol. The van der Waals surface area contributed by atoms with Crippen molar-refractivity contribution in [2.75, 3.05) is 6.61 Å². The summed E-state index contributed by atoms with van der Waals surface area (Å²) in [6.45, 7) is 5.46. The normalized spacial score (nSPS) is 11.7. The van der Waals surface area contributed by atoms with Crippen molar-refractivity contribution in [3.8, 4) is 0 Å². The largest absolute Gasteiger partial charge is 0.451 e. The molecule has 1 atom stereocenters. The fourth-order valence-electron chi connectivity index (χ4n) is 2.16. The van der Waals surface area contributed by atoms with Crippen LogP contribution in [0, 0.1) is 13.8 Å². The molecule has 2 rings (SSSR count). The van der Waals surface area contributed by atoms with Gasteiger partial charge in [-0.05, 0) is 49.6 Å². The van der Waals surface area contributed by atoms with Crippen LogP contribution in [0.3, 0.4) is 0 Å². The molecule has 0 unspecified atom stereocenters. The molecule has 7 heteroatoms. The number of aromatic nitrogens is 1. The third-order valence-corrected chi connectivity index (χ3v) is 4.26. The summed E-state index contributed by atoms with van der Waals surface area (Å²) in [4.78, 5) is 27.8. The number of carbonyl (C=O) groups is 2. The minimum absolute atomic E-state index is 0.110. The number of hydrogen-bond donors (Lipinski definition) is 1. The molecule has 1 heterocycles. The van der Waals surface area contributed by atoms with Crippen LogP contribution in [-0.2, 0) is 9.53 Å². The van der Waals surface area contributed by atoms with Crippen molar-refractivity contribution in [1.82, 2.24) is 10.3 Å². The van der Waals surface area contributed by atoms with Crippen molar-refractivity contribution in [3.63, 3.8) is 0 Å². The average Bonchev–Trinajstić information content (AvgIpc) is 2.57. The van der Waals surface area contributed by atoms with Crippen molar-refractivity contribution < 1.29 is 14.3 Å². The Bertz CT molecular complexity index is 809. The molecule has 0 spiro atoms. The second-order valence-corrected chi connectivity index (χ2v) is 6.47. The van der Waals surface area contributed by atoms with Gasteiger partial charge in [-0.1, -0.05) is 41.4 Å². The lowest BCUT2D eigenvalue weighted by atomic mass is 10.0. The molecule has 0 aliphatic carbocycles. The lowest BCUT2D eigenvalue weighted by Gasteiger charge is -2.15. The van der Waals surface area contributed by atoms with E-state index in [2.05, 4.69) is 10.3 Å². The summed E-state index contributed by atoms with van der Waals surface area (Å²) in [5.74, 6) is -1.22. The number of carbonyl (C=O) groups excluding carboxylic acids is 2. The first kappa shape index (κ1) is 19.2. The molecule has 0 saturated carbocycles. The number of hydrogen-bond acceptors (Lipinski definition) is 4. The molecule has 0 saturated heterocycles. The molecule has 0 aliphatic rings. The van der Waals surface area contributed by atoms with Gasteiger partial charge in [-0.3, -0.25) is 4.79 Å². The van der Waals surface area contributed by atoms with E-state index in [0.717, 1.165) is 11.1 Å². The number of pyridine rings is 1. The highest BCUT2D eigenvalue weighted by Crippen LogP contribution is 2.18. The summed E-state index contributed by atoms with van der Waals surface area (Å²) < 4.78 is 4.95. The highest BCUT2D eigenvalue weighted by Gasteiger charge is 2.17. The molecule has 1 aromatic heterocycles. The minimum atomic E-state index is -0.804.